The molecule has 0 aromatic heterocycles. The summed E-state index contributed by atoms with van der Waals surface area (Å²) in [5.41, 5.74) is 0.640. The highest BCUT2D eigenvalue weighted by atomic mass is 16.5. The molecule has 0 aliphatic heterocycles. The first-order valence-corrected chi connectivity index (χ1v) is 11.1. The summed E-state index contributed by atoms with van der Waals surface area (Å²) in [5.74, 6) is -1.00. The van der Waals surface area contributed by atoms with Crippen LogP contribution in [0.1, 0.15) is 91.8 Å². The minimum atomic E-state index is -0.575. The largest absolute Gasteiger partial charge is 0.427 e. The second-order valence-corrected chi connectivity index (χ2v) is 7.60. The smallest absolute Gasteiger partial charge is 0.311 e. The Morgan fingerprint density at radius 2 is 1.13 bits per heavy atom. The summed E-state index contributed by atoms with van der Waals surface area (Å²) in [6, 6.07) is 14.6. The maximum absolute atomic E-state index is 12.3. The highest BCUT2D eigenvalue weighted by molar-refractivity contribution is 6.49. The highest BCUT2D eigenvalue weighted by Crippen LogP contribution is 2.16. The van der Waals surface area contributed by atoms with Crippen LogP contribution in [-0.4, -0.2) is 17.5 Å². The summed E-state index contributed by atoms with van der Waals surface area (Å²) >= 11 is 0. The van der Waals surface area contributed by atoms with E-state index in [1.54, 1.807) is 42.5 Å². The predicted molar refractivity (Wildman–Crippen MR) is 119 cm³/mol. The van der Waals surface area contributed by atoms with Crippen LogP contribution in [0.25, 0.3) is 0 Å². The van der Waals surface area contributed by atoms with Crippen molar-refractivity contribution in [2.75, 3.05) is 0 Å². The van der Waals surface area contributed by atoms with Crippen LogP contribution >= 0.6 is 0 Å². The number of benzene rings is 2. The molecule has 0 aliphatic carbocycles. The summed E-state index contributed by atoms with van der Waals surface area (Å²) in [4.78, 5) is 36.5. The molecule has 2 rings (SSSR count). The van der Waals surface area contributed by atoms with E-state index in [-0.39, 0.29) is 11.5 Å². The second-order valence-electron chi connectivity index (χ2n) is 7.60. The number of hydrogen-bond acceptors (Lipinski definition) is 4. The minimum Gasteiger partial charge on any atom is -0.427 e. The molecule has 0 unspecified atom stereocenters. The Kier molecular flexibility index (Phi) is 10.6. The van der Waals surface area contributed by atoms with Crippen LogP contribution in [0.4, 0.5) is 0 Å². The Balaban J connectivity index is 1.68. The van der Waals surface area contributed by atoms with E-state index < -0.39 is 11.6 Å². The van der Waals surface area contributed by atoms with E-state index in [2.05, 4.69) is 6.92 Å². The van der Waals surface area contributed by atoms with Gasteiger partial charge in [0.25, 0.3) is 0 Å². The van der Waals surface area contributed by atoms with E-state index in [1.165, 1.54) is 50.7 Å². The summed E-state index contributed by atoms with van der Waals surface area (Å²) in [7, 11) is 0. The summed E-state index contributed by atoms with van der Waals surface area (Å²) in [6.07, 6.45) is 11.2. The van der Waals surface area contributed by atoms with Gasteiger partial charge in [0.15, 0.2) is 0 Å². The van der Waals surface area contributed by atoms with Gasteiger partial charge in [-0.05, 0) is 30.7 Å². The van der Waals surface area contributed by atoms with E-state index >= 15 is 0 Å². The maximum Gasteiger partial charge on any atom is 0.311 e. The van der Waals surface area contributed by atoms with Crippen LogP contribution in [0.2, 0.25) is 0 Å². The molecular formula is C26H32O4. The third-order valence-electron chi connectivity index (χ3n) is 5.07. The predicted octanol–water partition coefficient (Wildman–Crippen LogP) is 6.58. The molecule has 30 heavy (non-hydrogen) atoms. The van der Waals surface area contributed by atoms with Gasteiger partial charge < -0.3 is 4.74 Å². The van der Waals surface area contributed by atoms with Crippen molar-refractivity contribution in [3.8, 4) is 5.75 Å². The number of Topliss-reactive ketones (excluding diaryl/α,β-unsaturated/α-hetero) is 2. The molecule has 0 heterocycles. The van der Waals surface area contributed by atoms with Gasteiger partial charge in [-0.15, -0.1) is 0 Å². The molecule has 0 N–H and O–H groups in total. The monoisotopic (exact) mass is 408 g/mol. The van der Waals surface area contributed by atoms with Gasteiger partial charge in [-0.1, -0.05) is 88.6 Å². The zero-order valence-corrected chi connectivity index (χ0v) is 17.9. The highest BCUT2D eigenvalue weighted by Gasteiger charge is 2.18. The van der Waals surface area contributed by atoms with Crippen molar-refractivity contribution in [2.45, 2.75) is 71.1 Å². The molecule has 2 aromatic rings. The van der Waals surface area contributed by atoms with E-state index in [9.17, 15) is 14.4 Å². The molecule has 4 heteroatoms. The van der Waals surface area contributed by atoms with Crippen molar-refractivity contribution < 1.29 is 19.1 Å². The van der Waals surface area contributed by atoms with Crippen molar-refractivity contribution in [1.82, 2.24) is 0 Å². The van der Waals surface area contributed by atoms with Crippen molar-refractivity contribution in [1.29, 1.82) is 0 Å². The summed E-state index contributed by atoms with van der Waals surface area (Å²) < 4.78 is 5.33. The van der Waals surface area contributed by atoms with Gasteiger partial charge in [-0.25, -0.2) is 0 Å². The Morgan fingerprint density at radius 3 is 1.70 bits per heavy atom. The lowest BCUT2D eigenvalue weighted by atomic mass is 10.0. The summed E-state index contributed by atoms with van der Waals surface area (Å²) in [5, 5.41) is 0. The van der Waals surface area contributed by atoms with Crippen LogP contribution < -0.4 is 4.74 Å². The standard InChI is InChI=1S/C26H32O4/c1-2-3-4-5-6-7-8-9-13-16-24(27)30-23-19-17-22(18-20-23)26(29)25(28)21-14-11-10-12-15-21/h10-12,14-15,17-20H,2-9,13,16H2,1H3. The number of rotatable bonds is 14. The minimum absolute atomic E-state index is 0.266. The average Bonchev–Trinajstić information content (AvgIpc) is 2.78. The molecule has 2 aromatic carbocycles. The molecule has 0 radical (unpaired) electrons. The zero-order valence-electron chi connectivity index (χ0n) is 17.9. The van der Waals surface area contributed by atoms with Crippen LogP contribution in [0.5, 0.6) is 5.75 Å². The lowest BCUT2D eigenvalue weighted by Crippen LogP contribution is -2.14. The van der Waals surface area contributed by atoms with Gasteiger partial charge in [-0.3, -0.25) is 14.4 Å². The van der Waals surface area contributed by atoms with Gasteiger partial charge in [0.2, 0.25) is 11.6 Å². The Bertz CT molecular complexity index is 794. The number of ketones is 2. The lowest BCUT2D eigenvalue weighted by molar-refractivity contribution is -0.134. The molecule has 160 valence electrons. The van der Waals surface area contributed by atoms with E-state index in [1.807, 2.05) is 0 Å². The third-order valence-corrected chi connectivity index (χ3v) is 5.07. The molecule has 0 saturated heterocycles. The molecule has 0 amide bonds. The molecular weight excluding hydrogens is 376 g/mol. The quantitative estimate of drug-likeness (QED) is 0.116. The first-order valence-electron chi connectivity index (χ1n) is 11.1. The van der Waals surface area contributed by atoms with Crippen molar-refractivity contribution in [3.05, 3.63) is 65.7 Å². The second kappa shape index (κ2) is 13.5. The number of unbranched alkanes of at least 4 members (excludes halogenated alkanes) is 8. The zero-order chi connectivity index (χ0) is 21.6. The first-order chi connectivity index (χ1) is 14.6. The Hall–Kier alpha value is -2.75. The van der Waals surface area contributed by atoms with Gasteiger partial charge in [0, 0.05) is 17.5 Å². The Labute approximate surface area is 179 Å². The molecule has 4 nitrogen and oxygen atoms in total. The molecule has 0 saturated carbocycles. The molecule has 0 spiro atoms. The first kappa shape index (κ1) is 23.5. The van der Waals surface area contributed by atoms with Crippen LogP contribution in [0, 0.1) is 0 Å². The molecule has 0 fully saturated rings. The SMILES string of the molecule is CCCCCCCCCCCC(=O)Oc1ccc(C(=O)C(=O)c2ccccc2)cc1. The summed E-state index contributed by atoms with van der Waals surface area (Å²) in [6.45, 7) is 2.22. The van der Waals surface area contributed by atoms with E-state index in [0.29, 0.717) is 17.7 Å². The van der Waals surface area contributed by atoms with Crippen molar-refractivity contribution in [2.24, 2.45) is 0 Å². The van der Waals surface area contributed by atoms with Crippen LogP contribution in [0.15, 0.2) is 54.6 Å². The van der Waals surface area contributed by atoms with Crippen LogP contribution in [0.3, 0.4) is 0 Å². The van der Waals surface area contributed by atoms with Crippen LogP contribution in [-0.2, 0) is 4.79 Å². The van der Waals surface area contributed by atoms with Crippen molar-refractivity contribution >= 4 is 17.5 Å². The number of carbonyl (C=O) groups excluding carboxylic acids is 3. The fraction of sp³-hybridized carbons (Fsp3) is 0.423. The van der Waals surface area contributed by atoms with Gasteiger partial charge in [0.05, 0.1) is 0 Å². The maximum atomic E-state index is 12.3. The molecule has 0 aliphatic rings. The number of esters is 1. The normalized spacial score (nSPS) is 10.6. The van der Waals surface area contributed by atoms with E-state index in [4.69, 9.17) is 4.74 Å². The number of hydrogen-bond donors (Lipinski definition) is 0. The fourth-order valence-electron chi connectivity index (χ4n) is 3.29. The van der Waals surface area contributed by atoms with Gasteiger partial charge in [0.1, 0.15) is 5.75 Å². The lowest BCUT2D eigenvalue weighted by Gasteiger charge is -2.06. The number of carbonyl (C=O) groups is 3. The Morgan fingerprint density at radius 1 is 0.633 bits per heavy atom. The topological polar surface area (TPSA) is 60.4 Å². The van der Waals surface area contributed by atoms with Crippen molar-refractivity contribution in [3.63, 3.8) is 0 Å². The molecule has 0 atom stereocenters. The third kappa shape index (κ3) is 8.32. The average molecular weight is 409 g/mol. The van der Waals surface area contributed by atoms with E-state index in [0.717, 1.165) is 19.3 Å². The van der Waals surface area contributed by atoms with Gasteiger partial charge >= 0.3 is 5.97 Å². The number of ether oxygens (including phenoxy) is 1. The van der Waals surface area contributed by atoms with Gasteiger partial charge in [-0.2, -0.15) is 0 Å². The molecule has 0 bridgehead atoms. The fourth-order valence-corrected chi connectivity index (χ4v) is 3.29.